The molecule has 88 valence electrons. The molecule has 0 aliphatic carbocycles. The smallest absolute Gasteiger partial charge is 0.220 e. The van der Waals surface area contributed by atoms with Crippen LogP contribution in [0, 0.1) is 0 Å². The third-order valence-electron chi connectivity index (χ3n) is 1.67. The van der Waals surface area contributed by atoms with E-state index in [0.717, 1.165) is 0 Å². The summed E-state index contributed by atoms with van der Waals surface area (Å²) in [5.74, 6) is -0.211. The Morgan fingerprint density at radius 1 is 1.47 bits per heavy atom. The highest BCUT2D eigenvalue weighted by molar-refractivity contribution is 7.93. The van der Waals surface area contributed by atoms with E-state index in [4.69, 9.17) is 5.73 Å². The Kier molecular flexibility index (Phi) is 5.69. The summed E-state index contributed by atoms with van der Waals surface area (Å²) in [6, 6.07) is 0. The zero-order valence-electron chi connectivity index (χ0n) is 8.61. The van der Waals surface area contributed by atoms with Gasteiger partial charge in [-0.2, -0.15) is 0 Å². The number of carbonyl (C=O) groups is 1. The van der Waals surface area contributed by atoms with E-state index in [1.807, 2.05) is 0 Å². The third kappa shape index (κ3) is 5.65. The van der Waals surface area contributed by atoms with Gasteiger partial charge in [0.1, 0.15) is 5.25 Å². The lowest BCUT2D eigenvalue weighted by Crippen LogP contribution is -2.42. The topological polar surface area (TPSA) is 101 Å². The van der Waals surface area contributed by atoms with Crippen molar-refractivity contribution < 1.29 is 13.2 Å². The molecule has 4 N–H and O–H groups in total. The molecule has 0 heterocycles. The largest absolute Gasteiger partial charge is 0.392 e. The predicted octanol–water partition coefficient (Wildman–Crippen LogP) is -1.28. The van der Waals surface area contributed by atoms with Crippen molar-refractivity contribution in [2.75, 3.05) is 13.1 Å². The monoisotopic (exact) mass is 253 g/mol. The van der Waals surface area contributed by atoms with Crippen LogP contribution >= 0.6 is 12.2 Å². The molecule has 0 saturated carbocycles. The van der Waals surface area contributed by atoms with Crippen LogP contribution in [-0.2, 0) is 14.8 Å². The quantitative estimate of drug-likeness (QED) is 0.404. The molecule has 0 aliphatic rings. The Morgan fingerprint density at radius 2 is 2.00 bits per heavy atom. The molecule has 0 aliphatic heterocycles. The summed E-state index contributed by atoms with van der Waals surface area (Å²) < 4.78 is 25.1. The fourth-order valence-electron chi connectivity index (χ4n) is 0.710. The molecule has 0 aromatic heterocycles. The van der Waals surface area contributed by atoms with Gasteiger partial charge in [-0.1, -0.05) is 12.2 Å². The minimum atomic E-state index is -3.52. The van der Waals surface area contributed by atoms with Crippen molar-refractivity contribution >= 4 is 33.1 Å². The predicted molar refractivity (Wildman–Crippen MR) is 61.9 cm³/mol. The maximum absolute atomic E-state index is 11.4. The molecule has 1 atom stereocenters. The lowest BCUT2D eigenvalue weighted by atomic mass is 10.5. The normalized spacial score (nSPS) is 13.2. The first-order valence-corrected chi connectivity index (χ1v) is 6.25. The van der Waals surface area contributed by atoms with Gasteiger partial charge in [-0.15, -0.1) is 0 Å². The molecule has 0 saturated heterocycles. The summed E-state index contributed by atoms with van der Waals surface area (Å²) in [4.78, 5) is 10.4. The summed E-state index contributed by atoms with van der Waals surface area (Å²) in [7, 11) is -3.52. The average Bonchev–Trinajstić information content (AvgIpc) is 2.10. The Bertz CT molecular complexity index is 339. The van der Waals surface area contributed by atoms with Crippen LogP contribution in [0.4, 0.5) is 0 Å². The number of thiocarbonyl (C=S) groups is 1. The first-order valence-electron chi connectivity index (χ1n) is 4.29. The van der Waals surface area contributed by atoms with Crippen LogP contribution in [-0.4, -0.2) is 37.7 Å². The zero-order chi connectivity index (χ0) is 12.1. The minimum Gasteiger partial charge on any atom is -0.392 e. The Morgan fingerprint density at radius 3 is 2.40 bits per heavy atom. The maximum atomic E-state index is 11.4. The molecular weight excluding hydrogens is 238 g/mol. The number of nitrogens with one attached hydrogen (secondary N) is 2. The van der Waals surface area contributed by atoms with Gasteiger partial charge < -0.3 is 11.1 Å². The number of rotatable bonds is 6. The van der Waals surface area contributed by atoms with Crippen LogP contribution in [0.3, 0.4) is 0 Å². The first kappa shape index (κ1) is 14.3. The van der Waals surface area contributed by atoms with Crippen molar-refractivity contribution in [3.63, 3.8) is 0 Å². The fourth-order valence-corrected chi connectivity index (χ4v) is 2.03. The Labute approximate surface area is 94.6 Å². The van der Waals surface area contributed by atoms with Crippen LogP contribution in [0.2, 0.25) is 0 Å². The summed E-state index contributed by atoms with van der Waals surface area (Å²) in [6.45, 7) is 3.11. The molecule has 0 radical (unpaired) electrons. The zero-order valence-corrected chi connectivity index (χ0v) is 10.2. The van der Waals surface area contributed by atoms with E-state index in [1.165, 1.54) is 13.8 Å². The number of amides is 1. The molecule has 0 aromatic rings. The van der Waals surface area contributed by atoms with E-state index >= 15 is 0 Å². The van der Waals surface area contributed by atoms with Gasteiger partial charge in [0.25, 0.3) is 0 Å². The molecule has 0 bridgehead atoms. The van der Waals surface area contributed by atoms with Crippen LogP contribution in [0.5, 0.6) is 0 Å². The highest BCUT2D eigenvalue weighted by atomic mass is 32.2. The minimum absolute atomic E-state index is 0.0815. The maximum Gasteiger partial charge on any atom is 0.220 e. The number of hydrogen-bond donors (Lipinski definition) is 3. The van der Waals surface area contributed by atoms with Gasteiger partial charge in [0.05, 0.1) is 4.99 Å². The Balaban J connectivity index is 4.06. The van der Waals surface area contributed by atoms with Crippen molar-refractivity contribution in [3.8, 4) is 0 Å². The van der Waals surface area contributed by atoms with Crippen molar-refractivity contribution in [2.24, 2.45) is 5.73 Å². The van der Waals surface area contributed by atoms with E-state index in [2.05, 4.69) is 22.3 Å². The standard InChI is InChI=1S/C7H15N3O3S2/c1-5(7(8)14)15(12,13)10-4-3-9-6(2)11/h5,10H,3-4H2,1-2H3,(H2,8,14)(H,9,11). The number of hydrogen-bond acceptors (Lipinski definition) is 4. The molecule has 0 aromatic carbocycles. The second kappa shape index (κ2) is 5.99. The first-order chi connectivity index (χ1) is 6.77. The van der Waals surface area contributed by atoms with E-state index in [9.17, 15) is 13.2 Å². The summed E-state index contributed by atoms with van der Waals surface area (Å²) >= 11 is 4.58. The van der Waals surface area contributed by atoms with Crippen LogP contribution in [0.1, 0.15) is 13.8 Å². The molecule has 8 heteroatoms. The lowest BCUT2D eigenvalue weighted by Gasteiger charge is -2.12. The van der Waals surface area contributed by atoms with Gasteiger partial charge in [0.2, 0.25) is 15.9 Å². The van der Waals surface area contributed by atoms with E-state index in [-0.39, 0.29) is 24.0 Å². The van der Waals surface area contributed by atoms with Gasteiger partial charge in [-0.25, -0.2) is 13.1 Å². The van der Waals surface area contributed by atoms with Crippen molar-refractivity contribution in [1.82, 2.24) is 10.0 Å². The third-order valence-corrected chi connectivity index (χ3v) is 3.96. The average molecular weight is 253 g/mol. The highest BCUT2D eigenvalue weighted by Crippen LogP contribution is 1.97. The second-order valence-electron chi connectivity index (χ2n) is 2.97. The van der Waals surface area contributed by atoms with Crippen LogP contribution in [0.15, 0.2) is 0 Å². The van der Waals surface area contributed by atoms with Gasteiger partial charge in [0.15, 0.2) is 0 Å². The second-order valence-corrected chi connectivity index (χ2v) is 5.52. The molecule has 15 heavy (non-hydrogen) atoms. The Hall–Kier alpha value is -0.730. The van der Waals surface area contributed by atoms with E-state index in [1.54, 1.807) is 0 Å². The fraction of sp³-hybridized carbons (Fsp3) is 0.714. The van der Waals surface area contributed by atoms with Gasteiger partial charge >= 0.3 is 0 Å². The molecular formula is C7H15N3O3S2. The van der Waals surface area contributed by atoms with Gasteiger partial charge in [-0.3, -0.25) is 4.79 Å². The molecule has 0 spiro atoms. The van der Waals surface area contributed by atoms with Crippen LogP contribution < -0.4 is 15.8 Å². The summed E-state index contributed by atoms with van der Waals surface area (Å²) in [5.41, 5.74) is 5.22. The number of carbonyl (C=O) groups excluding carboxylic acids is 1. The summed E-state index contributed by atoms with van der Waals surface area (Å²) in [5, 5.41) is 1.54. The van der Waals surface area contributed by atoms with Crippen molar-refractivity contribution in [1.29, 1.82) is 0 Å². The molecule has 1 unspecified atom stereocenters. The highest BCUT2D eigenvalue weighted by Gasteiger charge is 2.22. The molecule has 6 nitrogen and oxygen atoms in total. The molecule has 0 fully saturated rings. The SMILES string of the molecule is CC(=O)NCCNS(=O)(=O)C(C)C(N)=S. The number of nitrogens with two attached hydrogens (primary N) is 1. The van der Waals surface area contributed by atoms with Gasteiger partial charge in [-0.05, 0) is 6.92 Å². The molecule has 0 rings (SSSR count). The van der Waals surface area contributed by atoms with E-state index in [0.29, 0.717) is 0 Å². The summed E-state index contributed by atoms with van der Waals surface area (Å²) in [6.07, 6.45) is 0. The molecule has 1 amide bonds. The van der Waals surface area contributed by atoms with Crippen molar-refractivity contribution in [2.45, 2.75) is 19.1 Å². The number of sulfonamides is 1. The van der Waals surface area contributed by atoms with Gasteiger partial charge in [0, 0.05) is 20.0 Å². The van der Waals surface area contributed by atoms with Crippen molar-refractivity contribution in [3.05, 3.63) is 0 Å². The lowest BCUT2D eigenvalue weighted by molar-refractivity contribution is -0.118. The van der Waals surface area contributed by atoms with Crippen LogP contribution in [0.25, 0.3) is 0 Å². The van der Waals surface area contributed by atoms with E-state index < -0.39 is 15.3 Å².